The lowest BCUT2D eigenvalue weighted by atomic mass is 10.2. The number of fused-ring (bicyclic) bond motifs is 1. The molecule has 0 aliphatic rings. The number of aryl methyl sites for hydroxylation is 1. The van der Waals surface area contributed by atoms with Crippen molar-refractivity contribution in [2.45, 2.75) is 11.8 Å². The number of aromatic nitrogens is 1. The first-order chi connectivity index (χ1) is 18.2. The lowest BCUT2D eigenvalue weighted by Gasteiger charge is -2.02. The fraction of sp³-hybridized carbons (Fsp3) is 0.0385. The van der Waals surface area contributed by atoms with Crippen molar-refractivity contribution < 1.29 is 13.0 Å². The summed E-state index contributed by atoms with van der Waals surface area (Å²) in [6.45, 7) is 1.61. The second-order valence-corrected chi connectivity index (χ2v) is 10.6. The molecule has 0 amide bonds. The summed E-state index contributed by atoms with van der Waals surface area (Å²) in [7, 11) is -4.40. The summed E-state index contributed by atoms with van der Waals surface area (Å²) < 4.78 is 33.8. The molecule has 0 aliphatic carbocycles. The predicted octanol–water partition coefficient (Wildman–Crippen LogP) is 2.97. The van der Waals surface area contributed by atoms with Crippen LogP contribution >= 0.6 is 11.3 Å². The number of hydrogen-bond acceptors (Lipinski definition) is 10. The molecule has 0 unspecified atom stereocenters. The Kier molecular flexibility index (Phi) is 6.68. The monoisotopic (exact) mass is 545 g/mol. The van der Waals surface area contributed by atoms with E-state index in [1.807, 2.05) is 6.07 Å². The van der Waals surface area contributed by atoms with Crippen LogP contribution in [0.15, 0.2) is 104 Å². The summed E-state index contributed by atoms with van der Waals surface area (Å²) in [5.41, 5.74) is 7.17. The van der Waals surface area contributed by atoms with Crippen molar-refractivity contribution in [1.29, 1.82) is 0 Å². The molecule has 0 saturated carbocycles. The lowest BCUT2D eigenvalue weighted by Crippen LogP contribution is -2.47. The molecule has 10 nitrogen and oxygen atoms in total. The number of rotatable bonds is 6. The van der Waals surface area contributed by atoms with Crippen molar-refractivity contribution in [1.82, 2.24) is 4.98 Å². The van der Waals surface area contributed by atoms with Crippen LogP contribution in [0.3, 0.4) is 0 Å². The maximum absolute atomic E-state index is 12.7. The van der Waals surface area contributed by atoms with Crippen LogP contribution in [0, 0.1) is 6.92 Å². The van der Waals surface area contributed by atoms with Gasteiger partial charge in [-0.05, 0) is 67.1 Å². The molecule has 0 bridgehead atoms. The number of anilines is 2. The molecule has 0 fully saturated rings. The Hall–Kier alpha value is -4.52. The van der Waals surface area contributed by atoms with E-state index in [-0.39, 0.29) is 15.6 Å². The van der Waals surface area contributed by atoms with Gasteiger partial charge in [-0.25, -0.2) is 4.98 Å². The molecule has 0 radical (unpaired) electrons. The molecular formula is C26H19N5O5S2. The minimum absolute atomic E-state index is 0.0153. The predicted molar refractivity (Wildman–Crippen MR) is 146 cm³/mol. The molecule has 0 saturated heterocycles. The summed E-state index contributed by atoms with van der Waals surface area (Å²) >= 11 is 1.16. The molecule has 0 spiro atoms. The highest BCUT2D eigenvalue weighted by atomic mass is 32.2. The highest BCUT2D eigenvalue weighted by Gasteiger charge is 2.20. The highest BCUT2D eigenvalue weighted by Crippen LogP contribution is 2.36. The van der Waals surface area contributed by atoms with E-state index in [9.17, 15) is 22.6 Å². The van der Waals surface area contributed by atoms with Gasteiger partial charge in [0.1, 0.15) is 15.3 Å². The third-order valence-corrected chi connectivity index (χ3v) is 7.86. The van der Waals surface area contributed by atoms with Crippen LogP contribution in [0.1, 0.15) is 5.56 Å². The van der Waals surface area contributed by atoms with Crippen molar-refractivity contribution in [3.8, 4) is 10.6 Å². The third kappa shape index (κ3) is 5.13. The number of hydrogen-bond donors (Lipinski definition) is 3. The number of nitrogens with zero attached hydrogens (tertiary/aromatic N) is 3. The van der Waals surface area contributed by atoms with E-state index in [2.05, 4.69) is 26.0 Å². The van der Waals surface area contributed by atoms with Crippen molar-refractivity contribution >= 4 is 43.0 Å². The Balaban J connectivity index is 1.41. The number of thiazole rings is 1. The van der Waals surface area contributed by atoms with Gasteiger partial charge in [-0.15, -0.1) is 11.3 Å². The molecule has 5 rings (SSSR count). The van der Waals surface area contributed by atoms with Crippen LogP contribution in [0.25, 0.3) is 20.8 Å². The highest BCUT2D eigenvalue weighted by molar-refractivity contribution is 7.86. The van der Waals surface area contributed by atoms with Crippen LogP contribution in [0.5, 0.6) is 0 Å². The second kappa shape index (κ2) is 10.1. The zero-order chi connectivity index (χ0) is 26.9. The first-order valence-corrected chi connectivity index (χ1v) is 13.4. The van der Waals surface area contributed by atoms with Gasteiger partial charge in [-0.3, -0.25) is 25.0 Å². The van der Waals surface area contributed by atoms with Crippen LogP contribution in [-0.4, -0.2) is 18.0 Å². The smallest absolute Gasteiger partial charge is 0.287 e. The standard InChI is InChI=1S/C26H19N5O5S2/c1-15-7-12-20-24(25(15)38(34,35)36)37-26(27-20)16-8-10-18(11-9-16)28-30-19-13-14-21(32)22(23(19)33)31-29-17-5-3-2-4-6-17/h2-14,28-29H,1H3,(H,34,35,36)/b30-19-,31-22+. The van der Waals surface area contributed by atoms with E-state index in [4.69, 9.17) is 0 Å². The molecule has 12 heteroatoms. The summed E-state index contributed by atoms with van der Waals surface area (Å²) in [6.07, 6.45) is 0. The molecule has 5 aromatic rings. The normalized spacial score (nSPS) is 12.7. The molecule has 38 heavy (non-hydrogen) atoms. The molecule has 1 aromatic heterocycles. The molecule has 1 heterocycles. The first-order valence-electron chi connectivity index (χ1n) is 11.2. The molecule has 190 valence electrons. The fourth-order valence-electron chi connectivity index (χ4n) is 3.69. The van der Waals surface area contributed by atoms with E-state index in [0.717, 1.165) is 16.9 Å². The quantitative estimate of drug-likeness (QED) is 0.218. The Morgan fingerprint density at radius 2 is 1.53 bits per heavy atom. The number of nitrogens with one attached hydrogen (secondary N) is 2. The minimum atomic E-state index is -4.40. The van der Waals surface area contributed by atoms with Gasteiger partial charge in [-0.1, -0.05) is 24.3 Å². The number of benzene rings is 4. The Bertz CT molecular complexity index is 2000. The number of para-hydroxylation sites is 1. The van der Waals surface area contributed by atoms with Crippen LogP contribution in [0.4, 0.5) is 11.4 Å². The molecule has 4 aromatic carbocycles. The van der Waals surface area contributed by atoms with Crippen molar-refractivity contribution in [3.63, 3.8) is 0 Å². The maximum atomic E-state index is 12.7. The summed E-state index contributed by atoms with van der Waals surface area (Å²) in [5.74, 6) is 0. The molecule has 0 aliphatic heterocycles. The largest absolute Gasteiger partial charge is 0.296 e. The summed E-state index contributed by atoms with van der Waals surface area (Å²) in [6, 6.07) is 21.7. The zero-order valence-corrected chi connectivity index (χ0v) is 21.4. The zero-order valence-electron chi connectivity index (χ0n) is 19.7. The topological polar surface area (TPSA) is 150 Å². The van der Waals surface area contributed by atoms with Gasteiger partial charge in [-0.2, -0.15) is 18.6 Å². The average Bonchev–Trinajstić information content (AvgIpc) is 3.32. The van der Waals surface area contributed by atoms with Crippen LogP contribution < -0.4 is 32.4 Å². The van der Waals surface area contributed by atoms with Crippen LogP contribution in [0.2, 0.25) is 0 Å². The van der Waals surface area contributed by atoms with Gasteiger partial charge in [0.2, 0.25) is 10.9 Å². The van der Waals surface area contributed by atoms with E-state index >= 15 is 0 Å². The average molecular weight is 546 g/mol. The fourth-order valence-corrected chi connectivity index (χ4v) is 6.01. The minimum Gasteiger partial charge on any atom is -0.287 e. The van der Waals surface area contributed by atoms with E-state index < -0.39 is 21.0 Å². The van der Waals surface area contributed by atoms with Crippen LogP contribution in [-0.2, 0) is 10.1 Å². The second-order valence-electron chi connectivity index (χ2n) is 8.21. The van der Waals surface area contributed by atoms with Gasteiger partial charge >= 0.3 is 0 Å². The first kappa shape index (κ1) is 25.1. The van der Waals surface area contributed by atoms with Gasteiger partial charge in [0.15, 0.2) is 5.36 Å². The maximum Gasteiger partial charge on any atom is 0.296 e. The van der Waals surface area contributed by atoms with Crippen molar-refractivity contribution in [2.75, 3.05) is 10.9 Å². The SMILES string of the molecule is Cc1ccc2nc(-c3ccc(N/N=c4/ccc(=O)/c(=N\Nc5ccccc5)c4=O)cc3)sc2c1S(=O)(=O)O. The van der Waals surface area contributed by atoms with Gasteiger partial charge in [0, 0.05) is 5.56 Å². The Morgan fingerprint density at radius 3 is 2.24 bits per heavy atom. The van der Waals surface area contributed by atoms with E-state index in [1.54, 1.807) is 67.6 Å². The Labute approximate surface area is 219 Å². The molecule has 3 N–H and O–H groups in total. The van der Waals surface area contributed by atoms with Gasteiger partial charge in [0.05, 0.1) is 21.6 Å². The summed E-state index contributed by atoms with van der Waals surface area (Å²) in [4.78, 5) is 29.3. The van der Waals surface area contributed by atoms with Gasteiger partial charge < -0.3 is 0 Å². The van der Waals surface area contributed by atoms with E-state index in [1.165, 1.54) is 12.1 Å². The summed E-state index contributed by atoms with van der Waals surface area (Å²) in [5, 5.41) is 8.39. The van der Waals surface area contributed by atoms with Gasteiger partial charge in [0.25, 0.3) is 10.1 Å². The van der Waals surface area contributed by atoms with Crippen molar-refractivity contribution in [2.24, 2.45) is 10.2 Å². The molecule has 0 atom stereocenters. The van der Waals surface area contributed by atoms with Crippen molar-refractivity contribution in [3.05, 3.63) is 116 Å². The van der Waals surface area contributed by atoms with E-state index in [0.29, 0.717) is 32.2 Å². The Morgan fingerprint density at radius 1 is 0.842 bits per heavy atom. The lowest BCUT2D eigenvalue weighted by molar-refractivity contribution is 0.483. The third-order valence-electron chi connectivity index (χ3n) is 5.55. The molecular weight excluding hydrogens is 526 g/mol.